The molecule has 0 atom stereocenters. The van der Waals surface area contributed by atoms with Crippen LogP contribution in [0.3, 0.4) is 0 Å². The second-order valence-electron chi connectivity index (χ2n) is 9.69. The number of hydrogen-bond acceptors (Lipinski definition) is 6. The van der Waals surface area contributed by atoms with Gasteiger partial charge in [0.2, 0.25) is 6.79 Å². The Morgan fingerprint density at radius 2 is 1.75 bits per heavy atom. The molecule has 9 heteroatoms. The molecular formula is C31H33N3O5S. The molecule has 0 saturated carbocycles. The summed E-state index contributed by atoms with van der Waals surface area (Å²) in [7, 11) is 3.25. The summed E-state index contributed by atoms with van der Waals surface area (Å²) >= 11 is 5.85. The Morgan fingerprint density at radius 3 is 2.52 bits per heavy atom. The predicted octanol–water partition coefficient (Wildman–Crippen LogP) is 4.74. The first-order chi connectivity index (χ1) is 19.4. The first kappa shape index (κ1) is 27.3. The van der Waals surface area contributed by atoms with E-state index < -0.39 is 0 Å². The van der Waals surface area contributed by atoms with Crippen LogP contribution in [0.5, 0.6) is 23.0 Å². The van der Waals surface area contributed by atoms with E-state index in [1.807, 2.05) is 42.5 Å². The number of fused-ring (bicyclic) bond motifs is 2. The number of aromatic amines is 1. The highest BCUT2D eigenvalue weighted by Crippen LogP contribution is 2.35. The van der Waals surface area contributed by atoms with Crippen LogP contribution in [0.1, 0.15) is 22.3 Å². The van der Waals surface area contributed by atoms with Gasteiger partial charge in [0.25, 0.3) is 5.56 Å². The minimum atomic E-state index is -0.152. The number of pyridine rings is 1. The van der Waals surface area contributed by atoms with E-state index in [1.54, 1.807) is 20.3 Å². The number of thiocarbonyl (C=S) groups is 1. The van der Waals surface area contributed by atoms with Crippen molar-refractivity contribution in [1.82, 2.24) is 15.2 Å². The Morgan fingerprint density at radius 1 is 0.975 bits per heavy atom. The van der Waals surface area contributed by atoms with Gasteiger partial charge in [0.15, 0.2) is 28.1 Å². The fourth-order valence-electron chi connectivity index (χ4n) is 4.82. The molecule has 0 spiro atoms. The van der Waals surface area contributed by atoms with Crippen LogP contribution >= 0.6 is 12.2 Å². The summed E-state index contributed by atoms with van der Waals surface area (Å²) in [6, 6.07) is 19.8. The zero-order valence-electron chi connectivity index (χ0n) is 22.9. The number of aromatic nitrogens is 1. The molecule has 8 nitrogen and oxygen atoms in total. The third-order valence-electron chi connectivity index (χ3n) is 7.11. The molecule has 0 amide bonds. The first-order valence-corrected chi connectivity index (χ1v) is 13.6. The number of hydrogen-bond donors (Lipinski definition) is 2. The fraction of sp³-hybridized carbons (Fsp3) is 0.290. The lowest BCUT2D eigenvalue weighted by molar-refractivity contribution is 0.174. The molecule has 0 aliphatic carbocycles. The number of rotatable bonds is 10. The molecule has 2 N–H and O–H groups in total. The molecule has 4 aromatic rings. The topological polar surface area (TPSA) is 85.1 Å². The summed E-state index contributed by atoms with van der Waals surface area (Å²) in [6.07, 6.45) is 1.55. The molecule has 1 aromatic heterocycles. The van der Waals surface area contributed by atoms with Gasteiger partial charge in [-0.15, -0.1) is 0 Å². The molecular weight excluding hydrogens is 526 g/mol. The number of aryl methyl sites for hydroxylation is 1. The number of H-pyrrole nitrogens is 1. The number of methoxy groups -OCH3 is 2. The Labute approximate surface area is 238 Å². The molecule has 2 heterocycles. The van der Waals surface area contributed by atoms with Crippen molar-refractivity contribution in [3.8, 4) is 23.0 Å². The van der Waals surface area contributed by atoms with E-state index in [0.717, 1.165) is 23.8 Å². The van der Waals surface area contributed by atoms with E-state index in [-0.39, 0.29) is 12.4 Å². The van der Waals surface area contributed by atoms with E-state index in [4.69, 9.17) is 31.2 Å². The quantitative estimate of drug-likeness (QED) is 0.270. The molecule has 208 valence electrons. The monoisotopic (exact) mass is 559 g/mol. The van der Waals surface area contributed by atoms with E-state index in [2.05, 4.69) is 34.3 Å². The van der Waals surface area contributed by atoms with Crippen LogP contribution in [-0.4, -0.2) is 49.1 Å². The fourth-order valence-corrected chi connectivity index (χ4v) is 5.08. The summed E-state index contributed by atoms with van der Waals surface area (Å²) in [6.45, 7) is 3.95. The first-order valence-electron chi connectivity index (χ1n) is 13.2. The summed E-state index contributed by atoms with van der Waals surface area (Å²) in [5, 5.41) is 4.87. The van der Waals surface area contributed by atoms with E-state index >= 15 is 0 Å². The maximum atomic E-state index is 13.1. The van der Waals surface area contributed by atoms with Crippen molar-refractivity contribution in [3.05, 3.63) is 93.3 Å². The molecule has 1 aliphatic heterocycles. The van der Waals surface area contributed by atoms with E-state index in [9.17, 15) is 4.79 Å². The van der Waals surface area contributed by atoms with Crippen LogP contribution < -0.4 is 29.8 Å². The lowest BCUT2D eigenvalue weighted by atomic mass is 10.1. The zero-order chi connectivity index (χ0) is 28.1. The van der Waals surface area contributed by atoms with Crippen molar-refractivity contribution in [2.24, 2.45) is 0 Å². The molecule has 0 saturated heterocycles. The highest BCUT2D eigenvalue weighted by Gasteiger charge is 2.18. The molecule has 0 fully saturated rings. The van der Waals surface area contributed by atoms with Crippen molar-refractivity contribution in [3.63, 3.8) is 0 Å². The van der Waals surface area contributed by atoms with Crippen LogP contribution in [0.2, 0.25) is 0 Å². The van der Waals surface area contributed by atoms with Crippen molar-refractivity contribution in [1.29, 1.82) is 0 Å². The second kappa shape index (κ2) is 12.3. The molecule has 3 aromatic carbocycles. The summed E-state index contributed by atoms with van der Waals surface area (Å²) in [5.74, 6) is 2.70. The zero-order valence-corrected chi connectivity index (χ0v) is 23.7. The molecule has 0 unspecified atom stereocenters. The van der Waals surface area contributed by atoms with Gasteiger partial charge in [-0.2, -0.15) is 0 Å². The summed E-state index contributed by atoms with van der Waals surface area (Å²) in [5.41, 5.74) is 4.76. The van der Waals surface area contributed by atoms with Gasteiger partial charge in [-0.05, 0) is 72.9 Å². The minimum Gasteiger partial charge on any atom is -0.493 e. The maximum Gasteiger partial charge on any atom is 0.253 e. The highest BCUT2D eigenvalue weighted by molar-refractivity contribution is 7.80. The van der Waals surface area contributed by atoms with Gasteiger partial charge in [0, 0.05) is 30.1 Å². The number of benzene rings is 3. The second-order valence-corrected chi connectivity index (χ2v) is 10.1. The third-order valence-corrected chi connectivity index (χ3v) is 7.52. The highest BCUT2D eigenvalue weighted by atomic mass is 32.1. The van der Waals surface area contributed by atoms with Gasteiger partial charge in [0.05, 0.1) is 26.3 Å². The molecule has 0 bridgehead atoms. The summed E-state index contributed by atoms with van der Waals surface area (Å²) < 4.78 is 21.8. The third kappa shape index (κ3) is 6.15. The van der Waals surface area contributed by atoms with Gasteiger partial charge >= 0.3 is 0 Å². The smallest absolute Gasteiger partial charge is 0.253 e. The minimum absolute atomic E-state index is 0.152. The normalized spacial score (nSPS) is 11.9. The average molecular weight is 560 g/mol. The van der Waals surface area contributed by atoms with Crippen LogP contribution in [0.25, 0.3) is 10.9 Å². The predicted molar refractivity (Wildman–Crippen MR) is 160 cm³/mol. The van der Waals surface area contributed by atoms with Gasteiger partial charge in [-0.3, -0.25) is 4.79 Å². The largest absolute Gasteiger partial charge is 0.493 e. The standard InChI is InChI=1S/C31H33N3O5S/c1-20-6-4-5-7-22(20)11-13-34(31(40)32-12-10-21-8-9-26(36-2)27(14-21)37-3)18-24-15-23-16-28-29(39-19-38-28)17-25(23)33-30(24)35/h4-9,14-17H,10-13,18-19H2,1-3H3,(H,32,40)(H,33,35). The maximum absolute atomic E-state index is 13.1. The number of nitrogens with one attached hydrogen (secondary N) is 2. The van der Waals surface area contributed by atoms with Gasteiger partial charge < -0.3 is 34.1 Å². The van der Waals surface area contributed by atoms with Crippen molar-refractivity contribution >= 4 is 28.2 Å². The lowest BCUT2D eigenvalue weighted by Crippen LogP contribution is -2.42. The molecule has 0 radical (unpaired) electrons. The molecule has 5 rings (SSSR count). The van der Waals surface area contributed by atoms with Gasteiger partial charge in [0.1, 0.15) is 0 Å². The van der Waals surface area contributed by atoms with Crippen LogP contribution in [0.4, 0.5) is 0 Å². The number of ether oxygens (including phenoxy) is 4. The Hall–Kier alpha value is -4.24. The van der Waals surface area contributed by atoms with Crippen LogP contribution in [0, 0.1) is 6.92 Å². The molecule has 40 heavy (non-hydrogen) atoms. The van der Waals surface area contributed by atoms with Crippen LogP contribution in [-0.2, 0) is 19.4 Å². The summed E-state index contributed by atoms with van der Waals surface area (Å²) in [4.78, 5) is 18.1. The van der Waals surface area contributed by atoms with Crippen molar-refractivity contribution in [2.45, 2.75) is 26.3 Å². The van der Waals surface area contributed by atoms with Crippen molar-refractivity contribution < 1.29 is 18.9 Å². The Bertz CT molecular complexity index is 1590. The van der Waals surface area contributed by atoms with Crippen molar-refractivity contribution in [2.75, 3.05) is 34.1 Å². The molecule has 1 aliphatic rings. The van der Waals surface area contributed by atoms with Gasteiger partial charge in [-0.1, -0.05) is 30.3 Å². The SMILES string of the molecule is COc1ccc(CCNC(=S)N(CCc2ccccc2C)Cc2cc3cc4c(cc3[nH]c2=O)OCO4)cc1OC. The van der Waals surface area contributed by atoms with E-state index in [1.165, 1.54) is 11.1 Å². The van der Waals surface area contributed by atoms with Gasteiger partial charge in [-0.25, -0.2) is 0 Å². The lowest BCUT2D eigenvalue weighted by Gasteiger charge is -2.26. The van der Waals surface area contributed by atoms with Crippen LogP contribution in [0.15, 0.2) is 65.5 Å². The number of nitrogens with zero attached hydrogens (tertiary/aromatic N) is 1. The van der Waals surface area contributed by atoms with E-state index in [0.29, 0.717) is 58.8 Å². The average Bonchev–Trinajstić information content (AvgIpc) is 3.42. The Kier molecular flexibility index (Phi) is 8.40. The Balaban J connectivity index is 1.33.